The van der Waals surface area contributed by atoms with E-state index in [-0.39, 0.29) is 22.6 Å². The summed E-state index contributed by atoms with van der Waals surface area (Å²) in [7, 11) is 1.73. The van der Waals surface area contributed by atoms with Gasteiger partial charge in [-0.15, -0.1) is 0 Å². The van der Waals surface area contributed by atoms with Crippen LogP contribution in [0.5, 0.6) is 0 Å². The van der Waals surface area contributed by atoms with E-state index in [1.54, 1.807) is 65.6 Å². The number of carbonyl (C=O) groups is 1. The van der Waals surface area contributed by atoms with Gasteiger partial charge in [0, 0.05) is 61.2 Å². The normalized spacial score (nSPS) is 20.9. The molecule has 0 radical (unpaired) electrons. The zero-order chi connectivity index (χ0) is 48.9. The van der Waals surface area contributed by atoms with Crippen LogP contribution in [0.1, 0.15) is 112 Å². The highest BCUT2D eigenvalue weighted by atomic mass is 19.1. The highest BCUT2D eigenvalue weighted by Crippen LogP contribution is 2.57. The Balaban J connectivity index is 0.000000163. The molecule has 3 fully saturated rings. The number of aromatic nitrogens is 9. The van der Waals surface area contributed by atoms with Crippen LogP contribution in [-0.2, 0) is 34.1 Å². The number of nitrogens with one attached hydrogen (secondary N) is 1. The standard InChI is InChI=1S/C28H25F2N7O2.C22H27N3O3.C2H6/c1-16-12-18(13-17(2)24(16)29)37-26(23-20(32-37)6-9-34(15-38)28(23)7-8-28)36-11-10-35(27(36)39)22-5-4-21-19(25(22)30)14-31-33(21)3;1-13-11-22(13,19-23-20(26)28-24-19)25-14(2)9-17-10-15(5-6-18(17)25)16-7-8-27-21(3,4)12-16;1-2/h4-5,10-15H,6-9H2,1-3H3;5-6,9-10,13,16H,7-8,11-12H2,1-4H3,(H,23,24,26);1-2H3. The smallest absolute Gasteiger partial charge is 0.376 e. The summed E-state index contributed by atoms with van der Waals surface area (Å²) in [4.78, 5) is 42.1. The van der Waals surface area contributed by atoms with Crippen LogP contribution in [0, 0.1) is 38.3 Å². The van der Waals surface area contributed by atoms with Crippen LogP contribution < -0.4 is 11.4 Å². The molecule has 2 aliphatic carbocycles. The largest absolute Gasteiger partial charge is 0.438 e. The fourth-order valence-electron chi connectivity index (χ4n) is 11.3. The van der Waals surface area contributed by atoms with E-state index in [0.29, 0.717) is 64.2 Å². The van der Waals surface area contributed by atoms with Gasteiger partial charge in [-0.3, -0.25) is 28.1 Å². The van der Waals surface area contributed by atoms with Crippen LogP contribution in [0.15, 0.2) is 81.2 Å². The van der Waals surface area contributed by atoms with Crippen molar-refractivity contribution in [3.8, 4) is 17.2 Å². The fraction of sp³-hybridized carbons (Fsp3) is 0.423. The molecule has 3 atom stereocenters. The van der Waals surface area contributed by atoms with Crippen molar-refractivity contribution in [3.05, 3.63) is 139 Å². The lowest BCUT2D eigenvalue weighted by atomic mass is 9.83. The molecule has 3 aromatic carbocycles. The molecule has 4 aliphatic rings. The molecule has 1 N–H and O–H groups in total. The molecule has 2 saturated carbocycles. The summed E-state index contributed by atoms with van der Waals surface area (Å²) in [5.74, 6) is 0.675. The molecule has 2 aliphatic heterocycles. The Kier molecular flexibility index (Phi) is 11.1. The molecular formula is C52H58F2N10O5. The maximum atomic E-state index is 15.6. The quantitative estimate of drug-likeness (QED) is 0.156. The summed E-state index contributed by atoms with van der Waals surface area (Å²) < 4.78 is 49.1. The van der Waals surface area contributed by atoms with Gasteiger partial charge in [-0.1, -0.05) is 32.0 Å². The number of hydrogen-bond acceptors (Lipinski definition) is 8. The number of ether oxygens (including phenoxy) is 1. The maximum Gasteiger partial charge on any atom is 0.438 e. The first-order valence-electron chi connectivity index (χ1n) is 23.9. The number of rotatable bonds is 7. The number of halogens is 2. The first kappa shape index (κ1) is 45.9. The molecule has 7 heterocycles. The van der Waals surface area contributed by atoms with E-state index >= 15 is 4.39 Å². The van der Waals surface area contributed by atoms with Gasteiger partial charge in [-0.05, 0) is 138 Å². The lowest BCUT2D eigenvalue weighted by Crippen LogP contribution is -2.41. The zero-order valence-corrected chi connectivity index (χ0v) is 40.6. The van der Waals surface area contributed by atoms with E-state index in [1.165, 1.54) is 43.7 Å². The summed E-state index contributed by atoms with van der Waals surface area (Å²) in [5.41, 5.74) is 6.15. The fourth-order valence-corrected chi connectivity index (χ4v) is 11.3. The molecule has 0 bridgehead atoms. The lowest BCUT2D eigenvalue weighted by molar-refractivity contribution is -0.121. The van der Waals surface area contributed by atoms with E-state index in [0.717, 1.165) is 56.4 Å². The second kappa shape index (κ2) is 16.7. The van der Waals surface area contributed by atoms with Gasteiger partial charge in [0.2, 0.25) is 6.41 Å². The molecule has 5 aromatic heterocycles. The molecule has 360 valence electrons. The molecule has 1 spiro atoms. The third-order valence-electron chi connectivity index (χ3n) is 14.9. The van der Waals surface area contributed by atoms with Crippen LogP contribution in [0.4, 0.5) is 8.78 Å². The molecular weight excluding hydrogens is 883 g/mol. The van der Waals surface area contributed by atoms with Crippen molar-refractivity contribution in [2.24, 2.45) is 13.0 Å². The number of imidazole rings is 1. The molecule has 69 heavy (non-hydrogen) atoms. The van der Waals surface area contributed by atoms with E-state index in [9.17, 15) is 18.8 Å². The Bertz CT molecular complexity index is 3410. The molecule has 3 unspecified atom stereocenters. The number of nitrogens with zero attached hydrogens (tertiary/aromatic N) is 9. The van der Waals surface area contributed by atoms with Gasteiger partial charge in [0.1, 0.15) is 11.4 Å². The van der Waals surface area contributed by atoms with Gasteiger partial charge in [-0.2, -0.15) is 10.2 Å². The average Bonchev–Trinajstić information content (AvgIpc) is 3.77. The predicted octanol–water partition coefficient (Wildman–Crippen LogP) is 8.71. The molecule has 1 saturated heterocycles. The minimum Gasteiger partial charge on any atom is -0.376 e. The number of carbonyl (C=O) groups excluding carboxylic acids is 1. The minimum absolute atomic E-state index is 0.0634. The van der Waals surface area contributed by atoms with Crippen molar-refractivity contribution in [1.82, 2.24) is 48.3 Å². The summed E-state index contributed by atoms with van der Waals surface area (Å²) in [5, 5.41) is 14.6. The van der Waals surface area contributed by atoms with Crippen LogP contribution in [0.25, 0.3) is 39.0 Å². The molecule has 12 rings (SSSR count). The number of aromatic amines is 1. The Morgan fingerprint density at radius 2 is 1.62 bits per heavy atom. The number of H-pyrrole nitrogens is 1. The van der Waals surface area contributed by atoms with Crippen molar-refractivity contribution < 1.29 is 22.8 Å². The van der Waals surface area contributed by atoms with Gasteiger partial charge in [0.15, 0.2) is 17.5 Å². The number of aryl methyl sites for hydroxylation is 4. The van der Waals surface area contributed by atoms with Crippen LogP contribution >= 0.6 is 0 Å². The average molecular weight is 941 g/mol. The van der Waals surface area contributed by atoms with E-state index in [2.05, 4.69) is 71.8 Å². The zero-order valence-electron chi connectivity index (χ0n) is 40.6. The van der Waals surface area contributed by atoms with Crippen LogP contribution in [0.2, 0.25) is 0 Å². The Labute approximate surface area is 397 Å². The minimum atomic E-state index is -0.549. The first-order chi connectivity index (χ1) is 33.0. The van der Waals surface area contributed by atoms with Gasteiger partial charge >= 0.3 is 11.4 Å². The van der Waals surface area contributed by atoms with E-state index < -0.39 is 22.8 Å². The summed E-state index contributed by atoms with van der Waals surface area (Å²) in [6, 6.07) is 15.7. The Morgan fingerprint density at radius 3 is 2.28 bits per heavy atom. The SMILES string of the molecule is CC.Cc1cc(-n2nc3c(c2-n2ccn(-c4ccc5c(cnn5C)c4F)c2=O)C2(CC2)N(C=O)CC3)cc(C)c1F.Cc1cc2cc(C3CCOC(C)(C)C3)ccc2n1C1(c2noc(=O)[nH]2)CC1C. The topological polar surface area (TPSA) is 156 Å². The van der Waals surface area contributed by atoms with Crippen molar-refractivity contribution >= 4 is 28.2 Å². The van der Waals surface area contributed by atoms with Gasteiger partial charge < -0.3 is 14.2 Å². The van der Waals surface area contributed by atoms with E-state index in [4.69, 9.17) is 14.4 Å². The maximum absolute atomic E-state index is 15.6. The third kappa shape index (κ3) is 7.30. The number of hydrogen-bond donors (Lipinski definition) is 1. The van der Waals surface area contributed by atoms with Crippen molar-refractivity contribution in [2.75, 3.05) is 13.2 Å². The predicted molar refractivity (Wildman–Crippen MR) is 258 cm³/mol. The molecule has 17 heteroatoms. The molecule has 1 amide bonds. The lowest BCUT2D eigenvalue weighted by Gasteiger charge is -2.35. The third-order valence-corrected chi connectivity index (χ3v) is 14.9. The second-order valence-corrected chi connectivity index (χ2v) is 19.7. The second-order valence-electron chi connectivity index (χ2n) is 19.7. The van der Waals surface area contributed by atoms with Crippen molar-refractivity contribution in [3.63, 3.8) is 0 Å². The highest BCUT2D eigenvalue weighted by molar-refractivity contribution is 5.83. The van der Waals surface area contributed by atoms with Gasteiger partial charge in [0.25, 0.3) is 0 Å². The number of amides is 1. The van der Waals surface area contributed by atoms with Gasteiger partial charge in [-0.25, -0.2) is 23.1 Å². The molecule has 8 aromatic rings. The first-order valence-corrected chi connectivity index (χ1v) is 23.9. The Hall–Kier alpha value is -6.88. The molecule has 15 nitrogen and oxygen atoms in total. The number of fused-ring (bicyclic) bond motifs is 4. The Morgan fingerprint density at radius 1 is 0.913 bits per heavy atom. The van der Waals surface area contributed by atoms with Gasteiger partial charge in [0.05, 0.1) is 45.3 Å². The highest BCUT2D eigenvalue weighted by Gasteiger charge is 2.58. The summed E-state index contributed by atoms with van der Waals surface area (Å²) in [6.07, 6.45) is 10.5. The number of benzene rings is 3. The van der Waals surface area contributed by atoms with Crippen molar-refractivity contribution in [1.29, 1.82) is 0 Å². The monoisotopic (exact) mass is 940 g/mol. The van der Waals surface area contributed by atoms with Crippen LogP contribution in [0.3, 0.4) is 0 Å². The summed E-state index contributed by atoms with van der Waals surface area (Å²) in [6.45, 7) is 17.4. The van der Waals surface area contributed by atoms with Crippen LogP contribution in [-0.4, -0.2) is 73.5 Å². The van der Waals surface area contributed by atoms with Crippen molar-refractivity contribution in [2.45, 2.75) is 117 Å². The van der Waals surface area contributed by atoms with E-state index in [1.807, 2.05) is 13.8 Å². The summed E-state index contributed by atoms with van der Waals surface area (Å²) >= 11 is 0.